The first-order chi connectivity index (χ1) is 12.1. The van der Waals surface area contributed by atoms with Crippen molar-refractivity contribution in [2.45, 2.75) is 25.8 Å². The van der Waals surface area contributed by atoms with Gasteiger partial charge in [0.2, 0.25) is 11.8 Å². The van der Waals surface area contributed by atoms with Gasteiger partial charge in [-0.2, -0.15) is 16.3 Å². The van der Waals surface area contributed by atoms with Gasteiger partial charge >= 0.3 is 0 Å². The van der Waals surface area contributed by atoms with E-state index in [1.165, 1.54) is 11.3 Å². The van der Waals surface area contributed by atoms with Gasteiger partial charge in [-0.1, -0.05) is 5.16 Å². The van der Waals surface area contributed by atoms with Gasteiger partial charge in [-0.05, 0) is 11.4 Å². The summed E-state index contributed by atoms with van der Waals surface area (Å²) in [4.78, 5) is 30.6. The van der Waals surface area contributed by atoms with E-state index in [1.54, 1.807) is 17.9 Å². The lowest BCUT2D eigenvalue weighted by atomic mass is 10.1. The molecule has 1 saturated heterocycles. The van der Waals surface area contributed by atoms with E-state index < -0.39 is 0 Å². The van der Waals surface area contributed by atoms with Crippen LogP contribution in [-0.4, -0.2) is 59.2 Å². The zero-order chi connectivity index (χ0) is 17.6. The van der Waals surface area contributed by atoms with E-state index >= 15 is 0 Å². The predicted molar refractivity (Wildman–Crippen MR) is 90.3 cm³/mol. The highest BCUT2D eigenvalue weighted by Crippen LogP contribution is 2.16. The fourth-order valence-electron chi connectivity index (χ4n) is 2.69. The number of carbonyl (C=O) groups is 2. The summed E-state index contributed by atoms with van der Waals surface area (Å²) in [6.07, 6.45) is 0.711. The molecule has 1 N–H and O–H groups in total. The maximum atomic E-state index is 12.6. The molecule has 134 valence electrons. The standard InChI is InChI=1S/C16H20N4O4S/c1-11-18-14(19-24-11)2-4-17-15(21)8-13-9-23-6-5-20(13)16(22)12-3-7-25-10-12/h3,7,10,13H,2,4-6,8-9H2,1H3,(H,17,21)/t13-/m1/s1. The molecule has 3 heterocycles. The van der Waals surface area contributed by atoms with Crippen LogP contribution in [0.5, 0.6) is 0 Å². The highest BCUT2D eigenvalue weighted by molar-refractivity contribution is 7.08. The van der Waals surface area contributed by atoms with Crippen molar-refractivity contribution < 1.29 is 18.8 Å². The molecule has 1 atom stereocenters. The second-order valence-corrected chi connectivity index (χ2v) is 6.55. The number of ether oxygens (including phenoxy) is 1. The Morgan fingerprint density at radius 3 is 3.08 bits per heavy atom. The lowest BCUT2D eigenvalue weighted by Crippen LogP contribution is -2.50. The molecule has 0 aromatic carbocycles. The van der Waals surface area contributed by atoms with Gasteiger partial charge < -0.3 is 19.5 Å². The SMILES string of the molecule is Cc1nc(CCNC(=O)C[C@@H]2COCCN2C(=O)c2ccsc2)no1. The van der Waals surface area contributed by atoms with E-state index in [0.717, 1.165) is 0 Å². The Kier molecular flexibility index (Phi) is 5.77. The normalized spacial score (nSPS) is 17.5. The lowest BCUT2D eigenvalue weighted by Gasteiger charge is -2.35. The summed E-state index contributed by atoms with van der Waals surface area (Å²) in [6.45, 7) is 3.49. The van der Waals surface area contributed by atoms with E-state index in [2.05, 4.69) is 15.5 Å². The fourth-order valence-corrected chi connectivity index (χ4v) is 3.32. The third kappa shape index (κ3) is 4.64. The van der Waals surface area contributed by atoms with Gasteiger partial charge in [-0.15, -0.1) is 0 Å². The van der Waals surface area contributed by atoms with Gasteiger partial charge in [0.05, 0.1) is 24.8 Å². The van der Waals surface area contributed by atoms with E-state index in [1.807, 2.05) is 10.8 Å². The van der Waals surface area contributed by atoms with E-state index in [4.69, 9.17) is 9.26 Å². The number of aromatic nitrogens is 2. The van der Waals surface area contributed by atoms with Crippen LogP contribution >= 0.6 is 11.3 Å². The third-order valence-electron chi connectivity index (χ3n) is 3.92. The van der Waals surface area contributed by atoms with Crippen LogP contribution in [0.25, 0.3) is 0 Å². The third-order valence-corrected chi connectivity index (χ3v) is 4.60. The zero-order valence-electron chi connectivity index (χ0n) is 13.9. The van der Waals surface area contributed by atoms with Gasteiger partial charge in [-0.25, -0.2) is 0 Å². The van der Waals surface area contributed by atoms with Gasteiger partial charge in [0.15, 0.2) is 5.82 Å². The topological polar surface area (TPSA) is 97.6 Å². The molecule has 0 saturated carbocycles. The Morgan fingerprint density at radius 2 is 2.36 bits per heavy atom. The molecule has 0 bridgehead atoms. The molecular weight excluding hydrogens is 344 g/mol. The minimum Gasteiger partial charge on any atom is -0.377 e. The first kappa shape index (κ1) is 17.6. The first-order valence-electron chi connectivity index (χ1n) is 8.10. The molecule has 2 aromatic heterocycles. The molecule has 1 aliphatic heterocycles. The number of hydrogen-bond acceptors (Lipinski definition) is 7. The van der Waals surface area contributed by atoms with Gasteiger partial charge in [0.25, 0.3) is 5.91 Å². The number of morpholine rings is 1. The van der Waals surface area contributed by atoms with Crippen molar-refractivity contribution in [1.82, 2.24) is 20.4 Å². The van der Waals surface area contributed by atoms with Crippen LogP contribution < -0.4 is 5.32 Å². The molecule has 8 nitrogen and oxygen atoms in total. The van der Waals surface area contributed by atoms with Crippen molar-refractivity contribution in [2.75, 3.05) is 26.3 Å². The summed E-state index contributed by atoms with van der Waals surface area (Å²) >= 11 is 1.48. The number of hydrogen-bond donors (Lipinski definition) is 1. The Morgan fingerprint density at radius 1 is 1.48 bits per heavy atom. The maximum absolute atomic E-state index is 12.6. The number of thiophene rings is 1. The van der Waals surface area contributed by atoms with E-state index in [-0.39, 0.29) is 24.3 Å². The van der Waals surface area contributed by atoms with Crippen LogP contribution in [0.15, 0.2) is 21.3 Å². The van der Waals surface area contributed by atoms with Crippen LogP contribution in [0, 0.1) is 6.92 Å². The minimum atomic E-state index is -0.256. The molecule has 3 rings (SSSR count). The Balaban J connectivity index is 1.50. The number of aryl methyl sites for hydroxylation is 1. The van der Waals surface area contributed by atoms with Crippen molar-refractivity contribution in [3.63, 3.8) is 0 Å². The molecule has 1 aliphatic rings. The molecular formula is C16H20N4O4S. The largest absolute Gasteiger partial charge is 0.377 e. The average molecular weight is 364 g/mol. The van der Waals surface area contributed by atoms with Crippen molar-refractivity contribution >= 4 is 23.2 Å². The predicted octanol–water partition coefficient (Wildman–Crippen LogP) is 1.03. The highest BCUT2D eigenvalue weighted by Gasteiger charge is 2.29. The second kappa shape index (κ2) is 8.21. The summed E-state index contributed by atoms with van der Waals surface area (Å²) in [5, 5.41) is 10.3. The summed E-state index contributed by atoms with van der Waals surface area (Å²) in [5.74, 6) is 0.889. The van der Waals surface area contributed by atoms with Crippen LogP contribution in [0.3, 0.4) is 0 Å². The second-order valence-electron chi connectivity index (χ2n) is 5.77. The first-order valence-corrected chi connectivity index (χ1v) is 9.04. The summed E-state index contributed by atoms with van der Waals surface area (Å²) in [6, 6.07) is 1.54. The number of amides is 2. The molecule has 25 heavy (non-hydrogen) atoms. The number of rotatable bonds is 6. The Hall–Kier alpha value is -2.26. The molecule has 9 heteroatoms. The zero-order valence-corrected chi connectivity index (χ0v) is 14.8. The molecule has 0 unspecified atom stereocenters. The van der Waals surface area contributed by atoms with E-state index in [9.17, 15) is 9.59 Å². The number of nitrogens with zero attached hydrogens (tertiary/aromatic N) is 3. The number of nitrogens with one attached hydrogen (secondary N) is 1. The molecule has 0 radical (unpaired) electrons. The summed E-state index contributed by atoms with van der Waals surface area (Å²) in [7, 11) is 0. The van der Waals surface area contributed by atoms with Crippen molar-refractivity contribution in [3.8, 4) is 0 Å². The van der Waals surface area contributed by atoms with Crippen LogP contribution in [-0.2, 0) is 16.0 Å². The smallest absolute Gasteiger partial charge is 0.255 e. The maximum Gasteiger partial charge on any atom is 0.255 e. The quantitative estimate of drug-likeness (QED) is 0.822. The van der Waals surface area contributed by atoms with Crippen LogP contribution in [0.4, 0.5) is 0 Å². The summed E-state index contributed by atoms with van der Waals surface area (Å²) < 4.78 is 10.3. The molecule has 0 spiro atoms. The fraction of sp³-hybridized carbons (Fsp3) is 0.500. The van der Waals surface area contributed by atoms with Crippen LogP contribution in [0.1, 0.15) is 28.5 Å². The van der Waals surface area contributed by atoms with Gasteiger partial charge in [0.1, 0.15) is 0 Å². The molecule has 0 aliphatic carbocycles. The Labute approximate surface area is 149 Å². The van der Waals surface area contributed by atoms with Gasteiger partial charge in [-0.3, -0.25) is 9.59 Å². The minimum absolute atomic E-state index is 0.0513. The van der Waals surface area contributed by atoms with Gasteiger partial charge in [0, 0.05) is 38.2 Å². The Bertz CT molecular complexity index is 716. The van der Waals surface area contributed by atoms with Crippen LogP contribution in [0.2, 0.25) is 0 Å². The lowest BCUT2D eigenvalue weighted by molar-refractivity contribution is -0.123. The molecule has 2 amide bonds. The summed E-state index contributed by atoms with van der Waals surface area (Å²) in [5.41, 5.74) is 0.657. The van der Waals surface area contributed by atoms with Crippen molar-refractivity contribution in [3.05, 3.63) is 34.1 Å². The van der Waals surface area contributed by atoms with Crippen molar-refractivity contribution in [1.29, 1.82) is 0 Å². The molecule has 2 aromatic rings. The average Bonchev–Trinajstić information content (AvgIpc) is 3.27. The molecule has 1 fully saturated rings. The van der Waals surface area contributed by atoms with E-state index in [0.29, 0.717) is 50.0 Å². The van der Waals surface area contributed by atoms with Crippen molar-refractivity contribution in [2.24, 2.45) is 0 Å². The monoisotopic (exact) mass is 364 g/mol. The highest BCUT2D eigenvalue weighted by atomic mass is 32.1. The number of carbonyl (C=O) groups excluding carboxylic acids is 2.